The van der Waals surface area contributed by atoms with Gasteiger partial charge in [0.25, 0.3) is 5.69 Å². The number of anilines is 1. The number of non-ortho nitro benzene ring substituents is 1. The summed E-state index contributed by atoms with van der Waals surface area (Å²) in [5.41, 5.74) is 0.935. The second-order valence-corrected chi connectivity index (χ2v) is 5.55. The average Bonchev–Trinajstić information content (AvgIpc) is 2.41. The van der Waals surface area contributed by atoms with Crippen molar-refractivity contribution in [2.24, 2.45) is 5.41 Å². The number of nitrogens with one attached hydrogen (secondary N) is 2. The summed E-state index contributed by atoms with van der Waals surface area (Å²) in [5.74, 6) is -0.0401. The van der Waals surface area contributed by atoms with Crippen LogP contribution in [0.5, 0.6) is 0 Å². The lowest BCUT2D eigenvalue weighted by atomic mass is 9.82. The average molecular weight is 277 g/mol. The van der Waals surface area contributed by atoms with Crippen molar-refractivity contribution in [3.63, 3.8) is 0 Å². The molecule has 6 nitrogen and oxygen atoms in total. The number of rotatable bonds is 3. The molecule has 1 aliphatic rings. The fourth-order valence-corrected chi connectivity index (χ4v) is 2.42. The Morgan fingerprint density at radius 1 is 1.50 bits per heavy atom. The van der Waals surface area contributed by atoms with Gasteiger partial charge in [-0.25, -0.2) is 0 Å². The van der Waals surface area contributed by atoms with Gasteiger partial charge in [0, 0.05) is 24.4 Å². The molecule has 1 atom stereocenters. The minimum atomic E-state index is -0.440. The van der Waals surface area contributed by atoms with Gasteiger partial charge in [0.1, 0.15) is 0 Å². The number of aryl methyl sites for hydroxylation is 1. The smallest absolute Gasteiger partial charge is 0.269 e. The molecule has 0 aliphatic carbocycles. The van der Waals surface area contributed by atoms with Crippen LogP contribution in [0.25, 0.3) is 0 Å². The maximum atomic E-state index is 12.4. The van der Waals surface area contributed by atoms with Crippen LogP contribution in [-0.2, 0) is 4.79 Å². The number of hydrogen-bond acceptors (Lipinski definition) is 4. The molecule has 0 spiro atoms. The van der Waals surface area contributed by atoms with E-state index in [4.69, 9.17) is 0 Å². The first-order chi connectivity index (χ1) is 9.42. The van der Waals surface area contributed by atoms with Crippen molar-refractivity contribution in [3.05, 3.63) is 33.9 Å². The maximum Gasteiger partial charge on any atom is 0.269 e. The van der Waals surface area contributed by atoms with Crippen LogP contribution in [0.4, 0.5) is 11.4 Å². The Morgan fingerprint density at radius 3 is 2.80 bits per heavy atom. The zero-order valence-electron chi connectivity index (χ0n) is 11.7. The highest BCUT2D eigenvalue weighted by Gasteiger charge is 2.34. The lowest BCUT2D eigenvalue weighted by molar-refractivity contribution is -0.384. The topological polar surface area (TPSA) is 84.3 Å². The molecule has 1 aromatic carbocycles. The van der Waals surface area contributed by atoms with E-state index in [-0.39, 0.29) is 11.6 Å². The van der Waals surface area contributed by atoms with Crippen molar-refractivity contribution in [2.45, 2.75) is 26.7 Å². The second kappa shape index (κ2) is 5.58. The number of hydrogen-bond donors (Lipinski definition) is 2. The molecule has 1 aromatic rings. The predicted molar refractivity (Wildman–Crippen MR) is 76.7 cm³/mol. The number of carbonyl (C=O) groups excluding carboxylic acids is 1. The molecule has 108 valence electrons. The van der Waals surface area contributed by atoms with Gasteiger partial charge in [-0.3, -0.25) is 14.9 Å². The zero-order chi connectivity index (χ0) is 14.8. The monoisotopic (exact) mass is 277 g/mol. The van der Waals surface area contributed by atoms with E-state index < -0.39 is 10.3 Å². The van der Waals surface area contributed by atoms with Crippen LogP contribution < -0.4 is 10.6 Å². The Balaban J connectivity index is 2.13. The molecule has 1 fully saturated rings. The summed E-state index contributed by atoms with van der Waals surface area (Å²) < 4.78 is 0. The number of nitro groups is 1. The molecule has 1 aliphatic heterocycles. The molecule has 20 heavy (non-hydrogen) atoms. The van der Waals surface area contributed by atoms with Crippen LogP contribution in [0.2, 0.25) is 0 Å². The molecular formula is C14H19N3O3. The molecule has 0 aromatic heterocycles. The van der Waals surface area contributed by atoms with Gasteiger partial charge in [-0.1, -0.05) is 0 Å². The normalized spacial score (nSPS) is 22.3. The van der Waals surface area contributed by atoms with Gasteiger partial charge in [0.15, 0.2) is 0 Å². The number of amides is 1. The third kappa shape index (κ3) is 2.96. The van der Waals surface area contributed by atoms with Crippen molar-refractivity contribution in [1.82, 2.24) is 5.32 Å². The third-order valence-corrected chi connectivity index (χ3v) is 3.81. The lowest BCUT2D eigenvalue weighted by Crippen LogP contribution is -2.46. The fourth-order valence-electron chi connectivity index (χ4n) is 2.42. The van der Waals surface area contributed by atoms with E-state index >= 15 is 0 Å². The van der Waals surface area contributed by atoms with Gasteiger partial charge < -0.3 is 10.6 Å². The van der Waals surface area contributed by atoms with E-state index in [9.17, 15) is 14.9 Å². The molecule has 1 amide bonds. The second-order valence-electron chi connectivity index (χ2n) is 5.55. The van der Waals surface area contributed by atoms with Crippen molar-refractivity contribution in [3.8, 4) is 0 Å². The SMILES string of the molecule is Cc1cc([N+](=O)[O-])ccc1NC(=O)C1(C)CCCNC1. The van der Waals surface area contributed by atoms with E-state index in [0.29, 0.717) is 17.8 Å². The van der Waals surface area contributed by atoms with Crippen LogP contribution in [0.3, 0.4) is 0 Å². The molecule has 0 radical (unpaired) electrons. The Labute approximate surface area is 117 Å². The summed E-state index contributed by atoms with van der Waals surface area (Å²) in [6, 6.07) is 4.46. The fraction of sp³-hybridized carbons (Fsp3) is 0.500. The summed E-state index contributed by atoms with van der Waals surface area (Å²) in [6.07, 6.45) is 1.82. The Hall–Kier alpha value is -1.95. The zero-order valence-corrected chi connectivity index (χ0v) is 11.7. The standard InChI is InChI=1S/C14H19N3O3/c1-10-8-11(17(19)20)4-5-12(10)16-13(18)14(2)6-3-7-15-9-14/h4-5,8,15H,3,6-7,9H2,1-2H3,(H,16,18). The summed E-state index contributed by atoms with van der Waals surface area (Å²) in [4.78, 5) is 22.6. The van der Waals surface area contributed by atoms with Crippen LogP contribution in [0, 0.1) is 22.5 Å². The van der Waals surface area contributed by atoms with Gasteiger partial charge in [-0.2, -0.15) is 0 Å². The van der Waals surface area contributed by atoms with Crippen molar-refractivity contribution in [2.75, 3.05) is 18.4 Å². The third-order valence-electron chi connectivity index (χ3n) is 3.81. The van der Waals surface area contributed by atoms with Gasteiger partial charge in [0.2, 0.25) is 5.91 Å². The lowest BCUT2D eigenvalue weighted by Gasteiger charge is -2.32. The number of nitro benzene ring substituents is 1. The van der Waals surface area contributed by atoms with Gasteiger partial charge in [-0.15, -0.1) is 0 Å². The van der Waals surface area contributed by atoms with Gasteiger partial charge >= 0.3 is 0 Å². The van der Waals surface area contributed by atoms with Crippen molar-refractivity contribution < 1.29 is 9.72 Å². The summed E-state index contributed by atoms with van der Waals surface area (Å²) >= 11 is 0. The highest BCUT2D eigenvalue weighted by molar-refractivity contribution is 5.96. The minimum absolute atomic E-state index is 0.0334. The molecule has 6 heteroatoms. The van der Waals surface area contributed by atoms with E-state index in [2.05, 4.69) is 10.6 Å². The van der Waals surface area contributed by atoms with Crippen molar-refractivity contribution >= 4 is 17.3 Å². The van der Waals surface area contributed by atoms with E-state index in [1.54, 1.807) is 13.0 Å². The molecular weight excluding hydrogens is 258 g/mol. The molecule has 2 rings (SSSR count). The molecule has 1 saturated heterocycles. The predicted octanol–water partition coefficient (Wildman–Crippen LogP) is 2.23. The van der Waals surface area contributed by atoms with Crippen molar-refractivity contribution in [1.29, 1.82) is 0 Å². The quantitative estimate of drug-likeness (QED) is 0.655. The van der Waals surface area contributed by atoms with Gasteiger partial charge in [0.05, 0.1) is 10.3 Å². The Kier molecular flexibility index (Phi) is 4.04. The highest BCUT2D eigenvalue weighted by Crippen LogP contribution is 2.28. The first-order valence-electron chi connectivity index (χ1n) is 6.70. The Bertz CT molecular complexity index is 536. The van der Waals surface area contributed by atoms with Crippen LogP contribution in [0.1, 0.15) is 25.3 Å². The number of benzene rings is 1. The number of carbonyl (C=O) groups is 1. The molecule has 2 N–H and O–H groups in total. The molecule has 0 saturated carbocycles. The number of piperidine rings is 1. The summed E-state index contributed by atoms with van der Waals surface area (Å²) in [6.45, 7) is 5.30. The number of nitrogens with zero attached hydrogens (tertiary/aromatic N) is 1. The minimum Gasteiger partial charge on any atom is -0.325 e. The highest BCUT2D eigenvalue weighted by atomic mass is 16.6. The Morgan fingerprint density at radius 2 is 2.25 bits per heavy atom. The summed E-state index contributed by atoms with van der Waals surface area (Å²) in [7, 11) is 0. The van der Waals surface area contributed by atoms with Crippen LogP contribution >= 0.6 is 0 Å². The van der Waals surface area contributed by atoms with E-state index in [0.717, 1.165) is 19.4 Å². The summed E-state index contributed by atoms with van der Waals surface area (Å²) in [5, 5.41) is 16.8. The van der Waals surface area contributed by atoms with Gasteiger partial charge in [-0.05, 0) is 44.9 Å². The maximum absolute atomic E-state index is 12.4. The molecule has 1 heterocycles. The van der Waals surface area contributed by atoms with E-state index in [1.807, 2.05) is 6.92 Å². The largest absolute Gasteiger partial charge is 0.325 e. The van der Waals surface area contributed by atoms with E-state index in [1.165, 1.54) is 12.1 Å². The molecule has 1 unspecified atom stereocenters. The first-order valence-corrected chi connectivity index (χ1v) is 6.70. The van der Waals surface area contributed by atoms with Crippen LogP contribution in [-0.4, -0.2) is 23.9 Å². The molecule has 0 bridgehead atoms. The van der Waals surface area contributed by atoms with Crippen LogP contribution in [0.15, 0.2) is 18.2 Å². The first kappa shape index (κ1) is 14.5.